The number of phenolic OH excluding ortho intramolecular Hbond substituents is 1. The summed E-state index contributed by atoms with van der Waals surface area (Å²) in [5.41, 5.74) is 0.729. The van der Waals surface area contributed by atoms with E-state index in [1.54, 1.807) is 12.1 Å². The number of phenols is 1. The summed E-state index contributed by atoms with van der Waals surface area (Å²) in [7, 11) is 0. The lowest BCUT2D eigenvalue weighted by Gasteiger charge is -2.25. The molecule has 1 fully saturated rings. The molecule has 1 atom stereocenters. The molecule has 2 rings (SSSR count). The van der Waals surface area contributed by atoms with Gasteiger partial charge in [-0.1, -0.05) is 12.1 Å². The number of benzene rings is 1. The zero-order chi connectivity index (χ0) is 14.0. The van der Waals surface area contributed by atoms with Gasteiger partial charge in [0.2, 0.25) is 0 Å². The number of hydrogen-bond acceptors (Lipinski definition) is 2. The maximum atomic E-state index is 12.4. The van der Waals surface area contributed by atoms with Gasteiger partial charge in [-0.15, -0.1) is 0 Å². The lowest BCUT2D eigenvalue weighted by atomic mass is 10.0. The van der Waals surface area contributed by atoms with Gasteiger partial charge in [-0.3, -0.25) is 4.79 Å². The molecule has 6 heteroatoms. The number of aromatic hydroxyl groups is 1. The van der Waals surface area contributed by atoms with Crippen LogP contribution in [0.15, 0.2) is 24.3 Å². The number of rotatable bonds is 2. The highest BCUT2D eigenvalue weighted by atomic mass is 19.4. The van der Waals surface area contributed by atoms with Crippen LogP contribution in [-0.2, 0) is 11.2 Å². The third-order valence-electron chi connectivity index (χ3n) is 3.26. The van der Waals surface area contributed by atoms with Gasteiger partial charge < -0.3 is 10.0 Å². The fourth-order valence-electron chi connectivity index (χ4n) is 2.43. The van der Waals surface area contributed by atoms with Gasteiger partial charge in [-0.2, -0.15) is 13.2 Å². The van der Waals surface area contributed by atoms with Crippen LogP contribution in [0.25, 0.3) is 0 Å². The van der Waals surface area contributed by atoms with E-state index in [-0.39, 0.29) is 12.3 Å². The van der Waals surface area contributed by atoms with Crippen LogP contribution in [0.4, 0.5) is 13.2 Å². The van der Waals surface area contributed by atoms with Crippen molar-refractivity contribution in [2.45, 2.75) is 31.5 Å². The topological polar surface area (TPSA) is 40.5 Å². The number of nitrogens with zero attached hydrogens (tertiary/aromatic N) is 1. The minimum Gasteiger partial charge on any atom is -0.508 e. The first-order chi connectivity index (χ1) is 8.88. The minimum atomic E-state index is -4.82. The van der Waals surface area contributed by atoms with E-state index in [4.69, 9.17) is 0 Å². The summed E-state index contributed by atoms with van der Waals surface area (Å²) in [4.78, 5) is 12.2. The molecule has 1 aliphatic rings. The number of amides is 1. The second-order valence-electron chi connectivity index (χ2n) is 4.67. The highest BCUT2D eigenvalue weighted by Gasteiger charge is 2.45. The van der Waals surface area contributed by atoms with Gasteiger partial charge in [0.1, 0.15) is 5.75 Å². The van der Waals surface area contributed by atoms with Gasteiger partial charge in [-0.25, -0.2) is 0 Å². The molecule has 1 heterocycles. The highest BCUT2D eigenvalue weighted by molar-refractivity contribution is 5.82. The Morgan fingerprint density at radius 1 is 1.42 bits per heavy atom. The van der Waals surface area contributed by atoms with Crippen molar-refractivity contribution in [1.29, 1.82) is 0 Å². The van der Waals surface area contributed by atoms with E-state index < -0.39 is 18.1 Å². The summed E-state index contributed by atoms with van der Waals surface area (Å²) in [5, 5.41) is 9.33. The van der Waals surface area contributed by atoms with Crippen molar-refractivity contribution in [3.8, 4) is 5.75 Å². The molecule has 104 valence electrons. The molecule has 0 bridgehead atoms. The van der Waals surface area contributed by atoms with Gasteiger partial charge in [0.15, 0.2) is 0 Å². The second kappa shape index (κ2) is 5.11. The minimum absolute atomic E-state index is 0.0733. The van der Waals surface area contributed by atoms with E-state index in [1.165, 1.54) is 12.1 Å². The van der Waals surface area contributed by atoms with Crippen molar-refractivity contribution in [2.24, 2.45) is 0 Å². The van der Waals surface area contributed by atoms with E-state index in [2.05, 4.69) is 0 Å². The summed E-state index contributed by atoms with van der Waals surface area (Å²) in [5.74, 6) is -1.70. The molecule has 1 N–H and O–H groups in total. The molecule has 0 spiro atoms. The molecular formula is C13H14F3NO2. The maximum Gasteiger partial charge on any atom is 0.471 e. The standard InChI is InChI=1S/C13H14F3NO2/c14-13(15,16)12(19)17-6-2-4-10(17)7-9-3-1-5-11(18)8-9/h1,3,5,8,10,18H,2,4,6-7H2. The van der Waals surface area contributed by atoms with Gasteiger partial charge in [0.05, 0.1) is 0 Å². The molecule has 19 heavy (non-hydrogen) atoms. The second-order valence-corrected chi connectivity index (χ2v) is 4.67. The Morgan fingerprint density at radius 3 is 2.79 bits per heavy atom. The number of likely N-dealkylation sites (tertiary alicyclic amines) is 1. The van der Waals surface area contributed by atoms with Crippen LogP contribution in [-0.4, -0.2) is 34.7 Å². The van der Waals surface area contributed by atoms with Gasteiger partial charge >= 0.3 is 12.1 Å². The van der Waals surface area contributed by atoms with Crippen LogP contribution in [0.1, 0.15) is 18.4 Å². The molecule has 1 aromatic carbocycles. The summed E-state index contributed by atoms with van der Waals surface area (Å²) >= 11 is 0. The number of halogens is 3. The third-order valence-corrected chi connectivity index (χ3v) is 3.26. The monoisotopic (exact) mass is 273 g/mol. The van der Waals surface area contributed by atoms with E-state index in [9.17, 15) is 23.1 Å². The number of carbonyl (C=O) groups is 1. The van der Waals surface area contributed by atoms with E-state index >= 15 is 0 Å². The van der Waals surface area contributed by atoms with Crippen LogP contribution in [0.3, 0.4) is 0 Å². The van der Waals surface area contributed by atoms with E-state index in [1.807, 2.05) is 0 Å². The van der Waals surface area contributed by atoms with Crippen LogP contribution < -0.4 is 0 Å². The Kier molecular flexibility index (Phi) is 3.68. The lowest BCUT2D eigenvalue weighted by Crippen LogP contribution is -2.44. The predicted octanol–water partition coefficient (Wildman–Crippen LogP) is 2.49. The third kappa shape index (κ3) is 3.19. The number of carbonyl (C=O) groups excluding carboxylic acids is 1. The maximum absolute atomic E-state index is 12.4. The first-order valence-electron chi connectivity index (χ1n) is 6.03. The van der Waals surface area contributed by atoms with Crippen LogP contribution >= 0.6 is 0 Å². The molecule has 1 aliphatic heterocycles. The fraction of sp³-hybridized carbons (Fsp3) is 0.462. The zero-order valence-electron chi connectivity index (χ0n) is 10.2. The Hall–Kier alpha value is -1.72. The van der Waals surface area contributed by atoms with E-state index in [0.717, 1.165) is 10.5 Å². The smallest absolute Gasteiger partial charge is 0.471 e. The average Bonchev–Trinajstić information content (AvgIpc) is 2.74. The Balaban J connectivity index is 2.09. The molecule has 0 aliphatic carbocycles. The molecule has 0 saturated carbocycles. The van der Waals surface area contributed by atoms with Crippen molar-refractivity contribution < 1.29 is 23.1 Å². The van der Waals surface area contributed by atoms with Crippen molar-refractivity contribution in [3.05, 3.63) is 29.8 Å². The van der Waals surface area contributed by atoms with Gasteiger partial charge in [0, 0.05) is 12.6 Å². The van der Waals surface area contributed by atoms with Crippen molar-refractivity contribution in [1.82, 2.24) is 4.90 Å². The molecule has 3 nitrogen and oxygen atoms in total. The predicted molar refractivity (Wildman–Crippen MR) is 62.6 cm³/mol. The van der Waals surface area contributed by atoms with E-state index in [0.29, 0.717) is 19.3 Å². The molecule has 1 saturated heterocycles. The van der Waals surface area contributed by atoms with Crippen molar-refractivity contribution >= 4 is 5.91 Å². The number of hydrogen-bond donors (Lipinski definition) is 1. The zero-order valence-corrected chi connectivity index (χ0v) is 10.2. The van der Waals surface area contributed by atoms with Gasteiger partial charge in [0.25, 0.3) is 0 Å². The normalized spacial score (nSPS) is 19.7. The number of alkyl halides is 3. The van der Waals surface area contributed by atoms with Crippen LogP contribution in [0, 0.1) is 0 Å². The Bertz CT molecular complexity index is 473. The Morgan fingerprint density at radius 2 is 2.16 bits per heavy atom. The molecule has 1 unspecified atom stereocenters. The van der Waals surface area contributed by atoms with Crippen LogP contribution in [0.5, 0.6) is 5.75 Å². The molecule has 1 amide bonds. The Labute approximate surface area is 108 Å². The average molecular weight is 273 g/mol. The highest BCUT2D eigenvalue weighted by Crippen LogP contribution is 2.28. The molecule has 1 aromatic rings. The fourth-order valence-corrected chi connectivity index (χ4v) is 2.43. The lowest BCUT2D eigenvalue weighted by molar-refractivity contribution is -0.186. The van der Waals surface area contributed by atoms with Crippen molar-refractivity contribution in [3.63, 3.8) is 0 Å². The first kappa shape index (κ1) is 13.7. The molecule has 0 radical (unpaired) electrons. The largest absolute Gasteiger partial charge is 0.508 e. The van der Waals surface area contributed by atoms with Crippen LogP contribution in [0.2, 0.25) is 0 Å². The summed E-state index contributed by atoms with van der Waals surface area (Å²) in [6, 6.07) is 5.92. The first-order valence-corrected chi connectivity index (χ1v) is 6.03. The quantitative estimate of drug-likeness (QED) is 0.899. The summed E-state index contributed by atoms with van der Waals surface area (Å²) < 4.78 is 37.3. The molecule has 0 aromatic heterocycles. The van der Waals surface area contributed by atoms with Gasteiger partial charge in [-0.05, 0) is 37.0 Å². The summed E-state index contributed by atoms with van der Waals surface area (Å²) in [6.45, 7) is 0.141. The summed E-state index contributed by atoms with van der Waals surface area (Å²) in [6.07, 6.45) is -3.36. The molecular weight excluding hydrogens is 259 g/mol. The SMILES string of the molecule is O=C(N1CCCC1Cc1cccc(O)c1)C(F)(F)F. The van der Waals surface area contributed by atoms with Crippen molar-refractivity contribution in [2.75, 3.05) is 6.54 Å².